The molecular weight excluding hydrogens is 292 g/mol. The molecule has 6 nitrogen and oxygen atoms in total. The zero-order valence-corrected chi connectivity index (χ0v) is 12.8. The van der Waals surface area contributed by atoms with Crippen molar-refractivity contribution in [2.45, 2.75) is 26.0 Å². The molecule has 21 heavy (non-hydrogen) atoms. The maximum atomic E-state index is 11.9. The van der Waals surface area contributed by atoms with E-state index in [0.717, 1.165) is 5.56 Å². The summed E-state index contributed by atoms with van der Waals surface area (Å²) in [6.07, 6.45) is 0.469. The third-order valence-electron chi connectivity index (χ3n) is 3.29. The van der Waals surface area contributed by atoms with Crippen LogP contribution in [-0.4, -0.2) is 38.6 Å². The lowest BCUT2D eigenvalue weighted by atomic mass is 10.2. The van der Waals surface area contributed by atoms with E-state index in [1.165, 1.54) is 0 Å². The van der Waals surface area contributed by atoms with Gasteiger partial charge in [0.25, 0.3) is 0 Å². The second-order valence-corrected chi connectivity index (χ2v) is 7.22. The smallest absolute Gasteiger partial charge is 0.319 e. The molecule has 0 bridgehead atoms. The van der Waals surface area contributed by atoms with E-state index in [4.69, 9.17) is 4.74 Å². The van der Waals surface area contributed by atoms with Crippen molar-refractivity contribution >= 4 is 21.6 Å². The molecule has 2 N–H and O–H groups in total. The number of carbonyl (C=O) groups is 1. The van der Waals surface area contributed by atoms with E-state index in [-0.39, 0.29) is 23.6 Å². The van der Waals surface area contributed by atoms with E-state index in [2.05, 4.69) is 10.6 Å². The van der Waals surface area contributed by atoms with Gasteiger partial charge in [0.05, 0.1) is 18.1 Å². The molecule has 0 saturated carbocycles. The van der Waals surface area contributed by atoms with Gasteiger partial charge in [-0.3, -0.25) is 0 Å². The molecule has 0 radical (unpaired) electrons. The molecule has 1 heterocycles. The van der Waals surface area contributed by atoms with E-state index in [1.807, 2.05) is 25.1 Å². The number of nitrogens with one attached hydrogen (secondary N) is 2. The Labute approximate surface area is 124 Å². The van der Waals surface area contributed by atoms with Gasteiger partial charge in [-0.2, -0.15) is 0 Å². The van der Waals surface area contributed by atoms with Crippen molar-refractivity contribution in [2.24, 2.45) is 0 Å². The van der Waals surface area contributed by atoms with Gasteiger partial charge in [0.1, 0.15) is 0 Å². The molecule has 116 valence electrons. The van der Waals surface area contributed by atoms with Gasteiger partial charge in [0.2, 0.25) is 0 Å². The summed E-state index contributed by atoms with van der Waals surface area (Å²) in [6, 6.07) is 6.67. The van der Waals surface area contributed by atoms with Crippen LogP contribution in [0.5, 0.6) is 0 Å². The Balaban J connectivity index is 1.93. The minimum Gasteiger partial charge on any atom is -0.377 e. The first-order chi connectivity index (χ1) is 10.00. The zero-order chi connectivity index (χ0) is 15.3. The maximum Gasteiger partial charge on any atom is 0.319 e. The molecular formula is C14H20N2O4S. The van der Waals surface area contributed by atoms with Crippen molar-refractivity contribution in [1.82, 2.24) is 5.32 Å². The molecule has 1 aromatic carbocycles. The van der Waals surface area contributed by atoms with Gasteiger partial charge in [-0.1, -0.05) is 18.2 Å². The first-order valence-corrected chi connectivity index (χ1v) is 8.76. The van der Waals surface area contributed by atoms with Crippen LogP contribution in [0.25, 0.3) is 0 Å². The molecule has 0 spiro atoms. The van der Waals surface area contributed by atoms with Crippen LogP contribution in [0.4, 0.5) is 10.5 Å². The number of ether oxygens (including phenoxy) is 1. The van der Waals surface area contributed by atoms with Gasteiger partial charge < -0.3 is 15.4 Å². The number of hydrogen-bond acceptors (Lipinski definition) is 4. The standard InChI is InChI=1S/C14H20N2O4S/c1-2-20-9-11-5-3-4-6-13(11)16-14(17)15-12-7-8-21(18,19)10-12/h3-6,12H,2,7-10H2,1H3,(H2,15,16,17). The summed E-state index contributed by atoms with van der Waals surface area (Å²) < 4.78 is 28.1. The van der Waals surface area contributed by atoms with E-state index < -0.39 is 9.84 Å². The molecule has 1 unspecified atom stereocenters. The number of para-hydroxylation sites is 1. The Morgan fingerprint density at radius 3 is 2.81 bits per heavy atom. The van der Waals surface area contributed by atoms with Crippen molar-refractivity contribution in [1.29, 1.82) is 0 Å². The van der Waals surface area contributed by atoms with E-state index in [9.17, 15) is 13.2 Å². The maximum absolute atomic E-state index is 11.9. The lowest BCUT2D eigenvalue weighted by molar-refractivity contribution is 0.134. The Morgan fingerprint density at radius 1 is 1.38 bits per heavy atom. The highest BCUT2D eigenvalue weighted by atomic mass is 32.2. The van der Waals surface area contributed by atoms with Crippen LogP contribution >= 0.6 is 0 Å². The Bertz CT molecular complexity index is 601. The summed E-state index contributed by atoms with van der Waals surface area (Å²) in [5, 5.41) is 5.45. The number of sulfone groups is 1. The van der Waals surface area contributed by atoms with Crippen LogP contribution in [0.1, 0.15) is 18.9 Å². The predicted molar refractivity (Wildman–Crippen MR) is 81.0 cm³/mol. The van der Waals surface area contributed by atoms with E-state index in [0.29, 0.717) is 25.3 Å². The molecule has 1 saturated heterocycles. The van der Waals surface area contributed by atoms with Gasteiger partial charge >= 0.3 is 6.03 Å². The van der Waals surface area contributed by atoms with Crippen molar-refractivity contribution in [3.8, 4) is 0 Å². The summed E-state index contributed by atoms with van der Waals surface area (Å²) in [6.45, 7) is 2.93. The summed E-state index contributed by atoms with van der Waals surface area (Å²) >= 11 is 0. The Morgan fingerprint density at radius 2 is 2.14 bits per heavy atom. The molecule has 2 rings (SSSR count). The molecule has 1 fully saturated rings. The van der Waals surface area contributed by atoms with Crippen LogP contribution in [-0.2, 0) is 21.2 Å². The largest absolute Gasteiger partial charge is 0.377 e. The first-order valence-electron chi connectivity index (χ1n) is 6.94. The fraction of sp³-hybridized carbons (Fsp3) is 0.500. The summed E-state index contributed by atoms with van der Waals surface area (Å²) in [4.78, 5) is 11.9. The van der Waals surface area contributed by atoms with E-state index in [1.54, 1.807) is 6.07 Å². The highest BCUT2D eigenvalue weighted by Gasteiger charge is 2.28. The zero-order valence-electron chi connectivity index (χ0n) is 12.0. The quantitative estimate of drug-likeness (QED) is 0.863. The van der Waals surface area contributed by atoms with Crippen LogP contribution in [0.15, 0.2) is 24.3 Å². The highest BCUT2D eigenvalue weighted by Crippen LogP contribution is 2.16. The second kappa shape index (κ2) is 6.91. The molecule has 1 aromatic rings. The third kappa shape index (κ3) is 4.71. The SMILES string of the molecule is CCOCc1ccccc1NC(=O)NC1CCS(=O)(=O)C1. The molecule has 1 aliphatic heterocycles. The molecule has 0 aliphatic carbocycles. The van der Waals surface area contributed by atoms with Gasteiger partial charge in [-0.15, -0.1) is 0 Å². The lowest BCUT2D eigenvalue weighted by Gasteiger charge is -2.14. The Kier molecular flexibility index (Phi) is 5.19. The Hall–Kier alpha value is -1.60. The predicted octanol–water partition coefficient (Wildman–Crippen LogP) is 1.53. The van der Waals surface area contributed by atoms with Gasteiger partial charge in [-0.05, 0) is 19.4 Å². The van der Waals surface area contributed by atoms with Crippen LogP contribution in [0, 0.1) is 0 Å². The summed E-state index contributed by atoms with van der Waals surface area (Å²) in [5.41, 5.74) is 1.55. The number of hydrogen-bond donors (Lipinski definition) is 2. The van der Waals surface area contributed by atoms with Crippen LogP contribution in [0.2, 0.25) is 0 Å². The van der Waals surface area contributed by atoms with Gasteiger partial charge in [0.15, 0.2) is 9.84 Å². The topological polar surface area (TPSA) is 84.5 Å². The second-order valence-electron chi connectivity index (χ2n) is 4.99. The number of benzene rings is 1. The monoisotopic (exact) mass is 312 g/mol. The minimum atomic E-state index is -3.00. The third-order valence-corrected chi connectivity index (χ3v) is 5.06. The minimum absolute atomic E-state index is 0.0149. The van der Waals surface area contributed by atoms with Crippen molar-refractivity contribution in [3.05, 3.63) is 29.8 Å². The molecule has 7 heteroatoms. The number of rotatable bonds is 5. The van der Waals surface area contributed by atoms with Crippen LogP contribution < -0.4 is 10.6 Å². The summed E-state index contributed by atoms with van der Waals surface area (Å²) in [7, 11) is -3.00. The first kappa shape index (κ1) is 15.8. The van der Waals surface area contributed by atoms with Gasteiger partial charge in [0, 0.05) is 23.9 Å². The normalized spacial score (nSPS) is 20.1. The number of carbonyl (C=O) groups excluding carboxylic acids is 1. The van der Waals surface area contributed by atoms with Crippen LogP contribution in [0.3, 0.4) is 0 Å². The van der Waals surface area contributed by atoms with Crippen molar-refractivity contribution in [2.75, 3.05) is 23.4 Å². The molecule has 1 atom stereocenters. The van der Waals surface area contributed by atoms with Crippen molar-refractivity contribution in [3.63, 3.8) is 0 Å². The number of urea groups is 1. The molecule has 0 aromatic heterocycles. The number of amides is 2. The molecule has 1 aliphatic rings. The number of anilines is 1. The average Bonchev–Trinajstić information content (AvgIpc) is 2.76. The summed E-state index contributed by atoms with van der Waals surface area (Å²) in [5.74, 6) is 0.153. The fourth-order valence-corrected chi connectivity index (χ4v) is 3.91. The highest BCUT2D eigenvalue weighted by molar-refractivity contribution is 7.91. The average molecular weight is 312 g/mol. The molecule has 2 amide bonds. The van der Waals surface area contributed by atoms with Gasteiger partial charge in [-0.25, -0.2) is 13.2 Å². The van der Waals surface area contributed by atoms with E-state index >= 15 is 0 Å². The fourth-order valence-electron chi connectivity index (χ4n) is 2.23. The van der Waals surface area contributed by atoms with Crippen molar-refractivity contribution < 1.29 is 17.9 Å². The lowest BCUT2D eigenvalue weighted by Crippen LogP contribution is -2.38.